The number of aromatic amines is 1. The predicted molar refractivity (Wildman–Crippen MR) is 95.3 cm³/mol. The summed E-state index contributed by atoms with van der Waals surface area (Å²) in [6.45, 7) is 3.47. The minimum Gasteiger partial charge on any atom is -0.294 e. The van der Waals surface area contributed by atoms with Gasteiger partial charge < -0.3 is 0 Å². The molecular weight excluding hydrogens is 395 g/mol. The van der Waals surface area contributed by atoms with E-state index in [2.05, 4.69) is 10.2 Å². The first-order chi connectivity index (χ1) is 13.0. The number of benzene rings is 1. The number of nitrogens with one attached hydrogen (secondary N) is 1. The molecule has 2 heterocycles. The van der Waals surface area contributed by atoms with Crippen LogP contribution < -0.4 is 0 Å². The van der Waals surface area contributed by atoms with Gasteiger partial charge in [0.15, 0.2) is 5.78 Å². The van der Waals surface area contributed by atoms with E-state index in [0.717, 1.165) is 24.3 Å². The van der Waals surface area contributed by atoms with Gasteiger partial charge in [-0.25, -0.2) is 8.42 Å². The summed E-state index contributed by atoms with van der Waals surface area (Å²) in [5.74, 6) is -0.956. The van der Waals surface area contributed by atoms with Crippen LogP contribution in [-0.4, -0.2) is 41.8 Å². The summed E-state index contributed by atoms with van der Waals surface area (Å²) >= 11 is 0. The van der Waals surface area contributed by atoms with Gasteiger partial charge in [-0.1, -0.05) is 12.1 Å². The maximum absolute atomic E-state index is 13.0. The molecule has 1 atom stereocenters. The molecule has 3 rings (SSSR count). The van der Waals surface area contributed by atoms with Crippen LogP contribution in [0.25, 0.3) is 0 Å². The molecule has 1 aliphatic rings. The maximum atomic E-state index is 13.0. The van der Waals surface area contributed by atoms with Crippen molar-refractivity contribution in [2.24, 2.45) is 5.92 Å². The summed E-state index contributed by atoms with van der Waals surface area (Å²) < 4.78 is 65.3. The van der Waals surface area contributed by atoms with Crippen molar-refractivity contribution in [2.45, 2.75) is 37.8 Å². The molecule has 28 heavy (non-hydrogen) atoms. The van der Waals surface area contributed by atoms with E-state index in [1.165, 1.54) is 4.31 Å². The van der Waals surface area contributed by atoms with Gasteiger partial charge in [0.2, 0.25) is 10.0 Å². The Hall–Kier alpha value is -2.20. The Morgan fingerprint density at radius 3 is 2.39 bits per heavy atom. The highest BCUT2D eigenvalue weighted by molar-refractivity contribution is 7.89. The smallest absolute Gasteiger partial charge is 0.294 e. The van der Waals surface area contributed by atoms with E-state index in [1.807, 2.05) is 0 Å². The number of piperidine rings is 1. The Balaban J connectivity index is 1.80. The van der Waals surface area contributed by atoms with Gasteiger partial charge in [-0.3, -0.25) is 9.89 Å². The van der Waals surface area contributed by atoms with Crippen molar-refractivity contribution in [3.63, 3.8) is 0 Å². The Labute approximate surface area is 160 Å². The van der Waals surface area contributed by atoms with Crippen molar-refractivity contribution in [1.82, 2.24) is 14.5 Å². The summed E-state index contributed by atoms with van der Waals surface area (Å²) in [6, 6.07) is 4.01. The molecule has 2 aromatic rings. The monoisotopic (exact) mass is 415 g/mol. The SMILES string of the molecule is Cc1n[nH]c(C)c1S(=O)(=O)N1CCCC(C(=O)c2ccc(C(F)(F)F)cc2)C1. The van der Waals surface area contributed by atoms with Crippen LogP contribution in [0.4, 0.5) is 13.2 Å². The first kappa shape index (κ1) is 20.5. The molecule has 0 aliphatic carbocycles. The van der Waals surface area contributed by atoms with Crippen LogP contribution in [0, 0.1) is 19.8 Å². The Bertz CT molecular complexity index is 962. The Morgan fingerprint density at radius 1 is 1.21 bits per heavy atom. The second-order valence-electron chi connectivity index (χ2n) is 6.90. The number of nitrogens with zero attached hydrogens (tertiary/aromatic N) is 2. The molecule has 0 spiro atoms. The second-order valence-corrected chi connectivity index (χ2v) is 8.78. The lowest BCUT2D eigenvalue weighted by Crippen LogP contribution is -2.42. The zero-order valence-corrected chi connectivity index (χ0v) is 16.2. The van der Waals surface area contributed by atoms with Gasteiger partial charge >= 0.3 is 6.18 Å². The number of hydrogen-bond acceptors (Lipinski definition) is 4. The van der Waals surface area contributed by atoms with Gasteiger partial charge in [0.05, 0.1) is 17.0 Å². The van der Waals surface area contributed by atoms with Gasteiger partial charge in [0.1, 0.15) is 4.90 Å². The van der Waals surface area contributed by atoms with Crippen LogP contribution in [-0.2, 0) is 16.2 Å². The number of H-pyrrole nitrogens is 1. The van der Waals surface area contributed by atoms with Gasteiger partial charge in [-0.2, -0.15) is 22.6 Å². The van der Waals surface area contributed by atoms with Crippen LogP contribution in [0.3, 0.4) is 0 Å². The zero-order valence-electron chi connectivity index (χ0n) is 15.4. The van der Waals surface area contributed by atoms with Crippen molar-refractivity contribution < 1.29 is 26.4 Å². The molecule has 0 amide bonds. The number of alkyl halides is 3. The fourth-order valence-corrected chi connectivity index (χ4v) is 5.34. The number of carbonyl (C=O) groups is 1. The lowest BCUT2D eigenvalue weighted by atomic mass is 9.90. The van der Waals surface area contributed by atoms with Crippen LogP contribution >= 0.6 is 0 Å². The molecule has 1 unspecified atom stereocenters. The van der Waals surface area contributed by atoms with Crippen LogP contribution in [0.2, 0.25) is 0 Å². The fraction of sp³-hybridized carbons (Fsp3) is 0.444. The van der Waals surface area contributed by atoms with Gasteiger partial charge in [-0.05, 0) is 38.8 Å². The van der Waals surface area contributed by atoms with Crippen LogP contribution in [0.15, 0.2) is 29.2 Å². The minimum atomic E-state index is -4.47. The number of aromatic nitrogens is 2. The van der Waals surface area contributed by atoms with Crippen LogP contribution in [0.1, 0.15) is 40.2 Å². The quantitative estimate of drug-likeness (QED) is 0.777. The van der Waals surface area contributed by atoms with E-state index in [-0.39, 0.29) is 29.3 Å². The van der Waals surface area contributed by atoms with Crippen molar-refractivity contribution in [3.05, 3.63) is 46.8 Å². The number of hydrogen-bond donors (Lipinski definition) is 1. The normalized spacial score (nSPS) is 19.0. The molecule has 1 saturated heterocycles. The highest BCUT2D eigenvalue weighted by atomic mass is 32.2. The number of Topliss-reactive ketones (excluding diaryl/α,β-unsaturated/α-hetero) is 1. The zero-order chi connectivity index (χ0) is 20.7. The second kappa shape index (κ2) is 7.32. The van der Waals surface area contributed by atoms with E-state index in [4.69, 9.17) is 0 Å². The molecule has 1 aliphatic heterocycles. The third kappa shape index (κ3) is 3.83. The maximum Gasteiger partial charge on any atom is 0.416 e. The molecule has 0 bridgehead atoms. The average Bonchev–Trinajstić information content (AvgIpc) is 2.99. The standard InChI is InChI=1S/C18H20F3N3O3S/c1-11-17(12(2)23-22-11)28(26,27)24-9-3-4-14(10-24)16(25)13-5-7-15(8-6-13)18(19,20)21/h5-8,14H,3-4,9-10H2,1-2H3,(H,22,23). The van der Waals surface area contributed by atoms with Gasteiger partial charge in [0.25, 0.3) is 0 Å². The molecule has 1 aromatic carbocycles. The first-order valence-electron chi connectivity index (χ1n) is 8.75. The van der Waals surface area contributed by atoms with E-state index in [1.54, 1.807) is 13.8 Å². The van der Waals surface area contributed by atoms with E-state index >= 15 is 0 Å². The largest absolute Gasteiger partial charge is 0.416 e. The Morgan fingerprint density at radius 2 is 1.86 bits per heavy atom. The van der Waals surface area contributed by atoms with Crippen molar-refractivity contribution in [2.75, 3.05) is 13.1 Å². The van der Waals surface area contributed by atoms with Gasteiger partial charge in [-0.15, -0.1) is 0 Å². The lowest BCUT2D eigenvalue weighted by molar-refractivity contribution is -0.137. The van der Waals surface area contributed by atoms with Crippen LogP contribution in [0.5, 0.6) is 0 Å². The molecule has 1 aromatic heterocycles. The Kier molecular flexibility index (Phi) is 5.37. The number of halogens is 3. The molecule has 152 valence electrons. The molecule has 6 nitrogen and oxygen atoms in total. The van der Waals surface area contributed by atoms with Crippen molar-refractivity contribution >= 4 is 15.8 Å². The topological polar surface area (TPSA) is 83.1 Å². The predicted octanol–water partition coefficient (Wildman–Crippen LogP) is 3.33. The number of aryl methyl sites for hydroxylation is 2. The third-order valence-electron chi connectivity index (χ3n) is 4.91. The number of rotatable bonds is 4. The van der Waals surface area contributed by atoms with Crippen molar-refractivity contribution in [3.8, 4) is 0 Å². The summed E-state index contributed by atoms with van der Waals surface area (Å²) in [5.41, 5.74) is 0.0955. The molecule has 0 radical (unpaired) electrons. The molecule has 1 N–H and O–H groups in total. The number of ketones is 1. The molecular formula is C18H20F3N3O3S. The third-order valence-corrected chi connectivity index (χ3v) is 7.04. The van der Waals surface area contributed by atoms with E-state index < -0.39 is 27.7 Å². The highest BCUT2D eigenvalue weighted by Gasteiger charge is 2.36. The molecule has 1 fully saturated rings. The number of sulfonamides is 1. The lowest BCUT2D eigenvalue weighted by Gasteiger charge is -2.31. The highest BCUT2D eigenvalue weighted by Crippen LogP contribution is 2.31. The fourth-order valence-electron chi connectivity index (χ4n) is 3.48. The first-order valence-corrected chi connectivity index (χ1v) is 10.2. The summed E-state index contributed by atoms with van der Waals surface area (Å²) in [6.07, 6.45) is -3.50. The van der Waals surface area contributed by atoms with E-state index in [9.17, 15) is 26.4 Å². The van der Waals surface area contributed by atoms with Gasteiger partial charge in [0, 0.05) is 24.6 Å². The average molecular weight is 415 g/mol. The summed E-state index contributed by atoms with van der Waals surface area (Å²) in [5, 5.41) is 6.56. The minimum absolute atomic E-state index is 0.00769. The summed E-state index contributed by atoms with van der Waals surface area (Å²) in [4.78, 5) is 12.8. The van der Waals surface area contributed by atoms with Crippen molar-refractivity contribution in [1.29, 1.82) is 0 Å². The molecule has 0 saturated carbocycles. The number of carbonyl (C=O) groups excluding carboxylic acids is 1. The van der Waals surface area contributed by atoms with E-state index in [0.29, 0.717) is 24.2 Å². The molecule has 10 heteroatoms. The summed E-state index contributed by atoms with van der Waals surface area (Å²) in [7, 11) is -3.82.